The van der Waals surface area contributed by atoms with Crippen molar-refractivity contribution < 1.29 is 4.79 Å². The molecular weight excluding hydrogens is 224 g/mol. The lowest BCUT2D eigenvalue weighted by Gasteiger charge is -2.12. The first-order valence-corrected chi connectivity index (χ1v) is 6.77. The maximum Gasteiger partial charge on any atom is 0.251 e. The van der Waals surface area contributed by atoms with E-state index in [4.69, 9.17) is 0 Å². The predicted molar refractivity (Wildman–Crippen MR) is 75.0 cm³/mol. The van der Waals surface area contributed by atoms with E-state index < -0.39 is 0 Å². The number of amides is 1. The molecule has 1 aliphatic rings. The van der Waals surface area contributed by atoms with Crippen molar-refractivity contribution in [3.05, 3.63) is 29.3 Å². The molecule has 0 atom stereocenters. The van der Waals surface area contributed by atoms with E-state index in [2.05, 4.69) is 10.6 Å². The molecule has 2 N–H and O–H groups in total. The molecule has 0 saturated heterocycles. The Balaban J connectivity index is 1.93. The van der Waals surface area contributed by atoms with Gasteiger partial charge in [-0.2, -0.15) is 0 Å². The normalized spacial score (nSPS) is 15.7. The number of benzene rings is 1. The molecule has 0 radical (unpaired) electrons. The molecule has 1 amide bonds. The highest BCUT2D eigenvalue weighted by Gasteiger charge is 2.16. The topological polar surface area (TPSA) is 41.1 Å². The first kappa shape index (κ1) is 12.9. The Kier molecular flexibility index (Phi) is 4.24. The van der Waals surface area contributed by atoms with Gasteiger partial charge in [-0.1, -0.05) is 12.8 Å². The minimum atomic E-state index is 0.0488. The summed E-state index contributed by atoms with van der Waals surface area (Å²) in [4.78, 5) is 12.0. The fourth-order valence-electron chi connectivity index (χ4n) is 2.64. The van der Waals surface area contributed by atoms with Crippen molar-refractivity contribution in [2.24, 2.45) is 5.92 Å². The van der Waals surface area contributed by atoms with E-state index in [0.717, 1.165) is 23.4 Å². The second-order valence-electron chi connectivity index (χ2n) is 5.14. The van der Waals surface area contributed by atoms with Crippen molar-refractivity contribution in [2.75, 3.05) is 18.9 Å². The Hall–Kier alpha value is -1.51. The number of hydrogen-bond acceptors (Lipinski definition) is 2. The van der Waals surface area contributed by atoms with Gasteiger partial charge in [-0.3, -0.25) is 4.79 Å². The van der Waals surface area contributed by atoms with Crippen molar-refractivity contribution in [3.8, 4) is 0 Å². The van der Waals surface area contributed by atoms with Crippen molar-refractivity contribution in [3.63, 3.8) is 0 Å². The molecule has 0 bridgehead atoms. The van der Waals surface area contributed by atoms with Gasteiger partial charge in [-0.25, -0.2) is 0 Å². The van der Waals surface area contributed by atoms with E-state index in [1.165, 1.54) is 25.7 Å². The van der Waals surface area contributed by atoms with E-state index in [1.54, 1.807) is 0 Å². The van der Waals surface area contributed by atoms with Crippen molar-refractivity contribution in [1.82, 2.24) is 5.32 Å². The van der Waals surface area contributed by atoms with E-state index in [-0.39, 0.29) is 5.91 Å². The highest BCUT2D eigenvalue weighted by molar-refractivity contribution is 5.94. The fourth-order valence-corrected chi connectivity index (χ4v) is 2.64. The zero-order chi connectivity index (χ0) is 13.0. The first-order valence-electron chi connectivity index (χ1n) is 6.77. The largest absolute Gasteiger partial charge is 0.388 e. The van der Waals surface area contributed by atoms with Gasteiger partial charge >= 0.3 is 0 Å². The van der Waals surface area contributed by atoms with Crippen LogP contribution >= 0.6 is 0 Å². The van der Waals surface area contributed by atoms with Gasteiger partial charge in [0.25, 0.3) is 5.91 Å². The lowest BCUT2D eigenvalue weighted by Crippen LogP contribution is -2.28. The third kappa shape index (κ3) is 3.03. The molecule has 0 spiro atoms. The smallest absolute Gasteiger partial charge is 0.251 e. The van der Waals surface area contributed by atoms with Gasteiger partial charge in [0, 0.05) is 24.8 Å². The van der Waals surface area contributed by atoms with Gasteiger partial charge in [0.1, 0.15) is 0 Å². The average molecular weight is 246 g/mol. The van der Waals surface area contributed by atoms with Gasteiger partial charge in [-0.15, -0.1) is 0 Å². The molecule has 1 aliphatic carbocycles. The monoisotopic (exact) mass is 246 g/mol. The molecule has 1 fully saturated rings. The summed E-state index contributed by atoms with van der Waals surface area (Å²) in [5.41, 5.74) is 2.93. The van der Waals surface area contributed by atoms with Crippen LogP contribution < -0.4 is 10.6 Å². The summed E-state index contributed by atoms with van der Waals surface area (Å²) in [5.74, 6) is 0.735. The molecule has 0 aliphatic heterocycles. The highest BCUT2D eigenvalue weighted by atomic mass is 16.1. The number of aryl methyl sites for hydroxylation is 1. The molecule has 3 heteroatoms. The summed E-state index contributed by atoms with van der Waals surface area (Å²) in [6, 6.07) is 5.78. The molecule has 1 saturated carbocycles. The molecular formula is C15H22N2O. The Morgan fingerprint density at radius 1 is 1.33 bits per heavy atom. The van der Waals surface area contributed by atoms with Crippen molar-refractivity contribution in [2.45, 2.75) is 32.6 Å². The second-order valence-corrected chi connectivity index (χ2v) is 5.14. The number of hydrogen-bond donors (Lipinski definition) is 2. The van der Waals surface area contributed by atoms with Crippen molar-refractivity contribution in [1.29, 1.82) is 0 Å². The molecule has 0 heterocycles. The first-order chi connectivity index (χ1) is 8.70. The van der Waals surface area contributed by atoms with Gasteiger partial charge in [0.15, 0.2) is 0 Å². The summed E-state index contributed by atoms with van der Waals surface area (Å²) in [6.45, 7) is 2.84. The van der Waals surface area contributed by atoms with E-state index in [0.29, 0.717) is 5.92 Å². The molecule has 1 aromatic rings. The Bertz CT molecular complexity index is 423. The number of anilines is 1. The molecule has 2 rings (SSSR count). The third-order valence-corrected chi connectivity index (χ3v) is 3.78. The standard InChI is InChI=1S/C15H22N2O/c1-11-9-13(7-8-14(11)16-2)15(18)17-10-12-5-3-4-6-12/h7-9,12,16H,3-6,10H2,1-2H3,(H,17,18). The van der Waals surface area contributed by atoms with Crippen LogP contribution in [0, 0.1) is 12.8 Å². The van der Waals surface area contributed by atoms with Crippen LogP contribution in [0.25, 0.3) is 0 Å². The Morgan fingerprint density at radius 3 is 2.67 bits per heavy atom. The number of rotatable bonds is 4. The van der Waals surface area contributed by atoms with Gasteiger partial charge < -0.3 is 10.6 Å². The van der Waals surface area contributed by atoms with Crippen LogP contribution in [0.15, 0.2) is 18.2 Å². The van der Waals surface area contributed by atoms with Crippen molar-refractivity contribution >= 4 is 11.6 Å². The Labute approximate surface area is 109 Å². The van der Waals surface area contributed by atoms with E-state index in [9.17, 15) is 4.79 Å². The summed E-state index contributed by atoms with van der Waals surface area (Å²) in [5, 5.41) is 6.15. The highest BCUT2D eigenvalue weighted by Crippen LogP contribution is 2.24. The second kappa shape index (κ2) is 5.89. The minimum absolute atomic E-state index is 0.0488. The van der Waals surface area contributed by atoms with Crippen LogP contribution in [-0.2, 0) is 0 Å². The molecule has 0 aromatic heterocycles. The summed E-state index contributed by atoms with van der Waals surface area (Å²) < 4.78 is 0. The van der Waals surface area contributed by atoms with Crippen LogP contribution in [0.5, 0.6) is 0 Å². The fraction of sp³-hybridized carbons (Fsp3) is 0.533. The zero-order valence-corrected chi connectivity index (χ0v) is 11.3. The SMILES string of the molecule is CNc1ccc(C(=O)NCC2CCCC2)cc1C. The minimum Gasteiger partial charge on any atom is -0.388 e. The van der Waals surface area contributed by atoms with Crippen LogP contribution in [0.3, 0.4) is 0 Å². The van der Waals surface area contributed by atoms with Gasteiger partial charge in [0.05, 0.1) is 0 Å². The molecule has 0 unspecified atom stereocenters. The molecule has 18 heavy (non-hydrogen) atoms. The maximum atomic E-state index is 12.0. The number of carbonyl (C=O) groups excluding carboxylic acids is 1. The van der Waals surface area contributed by atoms with Crippen LogP contribution in [-0.4, -0.2) is 19.5 Å². The van der Waals surface area contributed by atoms with Gasteiger partial charge in [-0.05, 0) is 49.4 Å². The third-order valence-electron chi connectivity index (χ3n) is 3.78. The predicted octanol–water partition coefficient (Wildman–Crippen LogP) is 2.96. The van der Waals surface area contributed by atoms with Gasteiger partial charge in [0.2, 0.25) is 0 Å². The maximum absolute atomic E-state index is 12.0. The number of nitrogens with one attached hydrogen (secondary N) is 2. The summed E-state index contributed by atoms with van der Waals surface area (Å²) in [7, 11) is 1.89. The van der Waals surface area contributed by atoms with E-state index >= 15 is 0 Å². The number of carbonyl (C=O) groups is 1. The molecule has 98 valence electrons. The molecule has 3 nitrogen and oxygen atoms in total. The quantitative estimate of drug-likeness (QED) is 0.857. The summed E-state index contributed by atoms with van der Waals surface area (Å²) in [6.07, 6.45) is 5.16. The van der Waals surface area contributed by atoms with Crippen LogP contribution in [0.2, 0.25) is 0 Å². The average Bonchev–Trinajstić information content (AvgIpc) is 2.89. The van der Waals surface area contributed by atoms with Crippen LogP contribution in [0.4, 0.5) is 5.69 Å². The molecule has 1 aromatic carbocycles. The van der Waals surface area contributed by atoms with E-state index in [1.807, 2.05) is 32.2 Å². The lowest BCUT2D eigenvalue weighted by molar-refractivity contribution is 0.0947. The Morgan fingerprint density at radius 2 is 2.06 bits per heavy atom. The summed E-state index contributed by atoms with van der Waals surface area (Å²) >= 11 is 0. The lowest BCUT2D eigenvalue weighted by atomic mass is 10.1. The van der Waals surface area contributed by atoms with Crippen LogP contribution in [0.1, 0.15) is 41.6 Å². The zero-order valence-electron chi connectivity index (χ0n) is 11.3.